The van der Waals surface area contributed by atoms with E-state index in [0.29, 0.717) is 6.54 Å². The number of halogens is 2. The van der Waals surface area contributed by atoms with Gasteiger partial charge in [-0.15, -0.1) is 0 Å². The fourth-order valence-corrected chi connectivity index (χ4v) is 4.76. The minimum Gasteiger partial charge on any atom is -0.207 e. The zero-order chi connectivity index (χ0) is 15.7. The van der Waals surface area contributed by atoms with Crippen LogP contribution >= 0.6 is 23.2 Å². The zero-order valence-corrected chi connectivity index (χ0v) is 14.1. The second-order valence-corrected chi connectivity index (χ2v) is 7.96. The first kappa shape index (κ1) is 15.8. The molecule has 1 aliphatic rings. The van der Waals surface area contributed by atoms with Gasteiger partial charge in [-0.25, -0.2) is 8.42 Å². The van der Waals surface area contributed by atoms with Gasteiger partial charge in [0.1, 0.15) is 4.90 Å². The van der Waals surface area contributed by atoms with E-state index in [1.165, 1.54) is 10.4 Å². The number of sulfonamides is 1. The molecular formula is C16H15Cl2NO2S. The van der Waals surface area contributed by atoms with Crippen molar-refractivity contribution in [2.45, 2.75) is 30.3 Å². The van der Waals surface area contributed by atoms with Gasteiger partial charge in [0.2, 0.25) is 10.0 Å². The van der Waals surface area contributed by atoms with Crippen molar-refractivity contribution in [2.75, 3.05) is 0 Å². The van der Waals surface area contributed by atoms with Gasteiger partial charge in [0.05, 0.1) is 10.0 Å². The van der Waals surface area contributed by atoms with Crippen LogP contribution in [0.3, 0.4) is 0 Å². The smallest absolute Gasteiger partial charge is 0.207 e. The number of rotatable bonds is 5. The topological polar surface area (TPSA) is 37.4 Å². The van der Waals surface area contributed by atoms with Gasteiger partial charge >= 0.3 is 0 Å². The summed E-state index contributed by atoms with van der Waals surface area (Å²) in [6.45, 7) is 0.344. The lowest BCUT2D eigenvalue weighted by Gasteiger charge is -2.22. The van der Waals surface area contributed by atoms with Crippen molar-refractivity contribution in [1.29, 1.82) is 0 Å². The fraction of sp³-hybridized carbons (Fsp3) is 0.250. The van der Waals surface area contributed by atoms with Crippen LogP contribution in [0.5, 0.6) is 0 Å². The summed E-state index contributed by atoms with van der Waals surface area (Å²) >= 11 is 12.1. The maximum atomic E-state index is 13.0. The Labute approximate surface area is 140 Å². The third-order valence-electron chi connectivity index (χ3n) is 3.64. The zero-order valence-electron chi connectivity index (χ0n) is 11.7. The molecular weight excluding hydrogens is 341 g/mol. The van der Waals surface area contributed by atoms with Crippen LogP contribution in [0.2, 0.25) is 10.0 Å². The summed E-state index contributed by atoms with van der Waals surface area (Å²) in [6, 6.07) is 14.3. The Morgan fingerprint density at radius 2 is 1.68 bits per heavy atom. The van der Waals surface area contributed by atoms with Crippen molar-refractivity contribution in [1.82, 2.24) is 4.31 Å². The Hall–Kier alpha value is -1.07. The second kappa shape index (κ2) is 6.20. The molecule has 0 amide bonds. The molecule has 0 atom stereocenters. The quantitative estimate of drug-likeness (QED) is 0.799. The van der Waals surface area contributed by atoms with E-state index in [0.717, 1.165) is 18.4 Å². The van der Waals surface area contributed by atoms with Gasteiger partial charge in [-0.1, -0.05) is 59.6 Å². The van der Waals surface area contributed by atoms with Crippen LogP contribution in [-0.4, -0.2) is 18.8 Å². The van der Waals surface area contributed by atoms with Gasteiger partial charge in [0.15, 0.2) is 0 Å². The normalized spacial score (nSPS) is 15.2. The highest BCUT2D eigenvalue weighted by atomic mass is 35.5. The molecule has 3 rings (SSSR count). The molecule has 1 aliphatic carbocycles. The molecule has 1 fully saturated rings. The number of benzene rings is 2. The molecule has 116 valence electrons. The lowest BCUT2D eigenvalue weighted by molar-refractivity contribution is 0.398. The summed E-state index contributed by atoms with van der Waals surface area (Å²) in [5.41, 5.74) is 0.955. The van der Waals surface area contributed by atoms with Crippen LogP contribution in [0, 0.1) is 0 Å². The van der Waals surface area contributed by atoms with Gasteiger partial charge in [0, 0.05) is 12.6 Å². The Balaban J connectivity index is 1.98. The SMILES string of the molecule is O=S(=O)(c1cccc(Cl)c1Cl)N(Cc1ccccc1)C1CC1. The number of nitrogens with zero attached hydrogens (tertiary/aromatic N) is 1. The van der Waals surface area contributed by atoms with Gasteiger partial charge in [-0.3, -0.25) is 0 Å². The first-order valence-electron chi connectivity index (χ1n) is 7.00. The molecule has 2 aromatic rings. The summed E-state index contributed by atoms with van der Waals surface area (Å²) < 4.78 is 27.5. The van der Waals surface area contributed by atoms with E-state index in [-0.39, 0.29) is 21.0 Å². The monoisotopic (exact) mass is 355 g/mol. The van der Waals surface area contributed by atoms with Crippen LogP contribution in [-0.2, 0) is 16.6 Å². The van der Waals surface area contributed by atoms with Crippen LogP contribution in [0.4, 0.5) is 0 Å². The highest BCUT2D eigenvalue weighted by molar-refractivity contribution is 7.89. The molecule has 0 radical (unpaired) electrons. The van der Waals surface area contributed by atoms with Gasteiger partial charge in [-0.2, -0.15) is 4.31 Å². The van der Waals surface area contributed by atoms with Gasteiger partial charge in [-0.05, 0) is 30.5 Å². The van der Waals surface area contributed by atoms with Crippen molar-refractivity contribution in [3.8, 4) is 0 Å². The Bertz CT molecular complexity index is 774. The predicted octanol–water partition coefficient (Wildman–Crippen LogP) is 4.35. The molecule has 0 saturated heterocycles. The molecule has 0 aliphatic heterocycles. The summed E-state index contributed by atoms with van der Waals surface area (Å²) in [7, 11) is -3.67. The van der Waals surface area contributed by atoms with Gasteiger partial charge < -0.3 is 0 Å². The van der Waals surface area contributed by atoms with Crippen molar-refractivity contribution in [3.63, 3.8) is 0 Å². The van der Waals surface area contributed by atoms with Crippen LogP contribution in [0.15, 0.2) is 53.4 Å². The molecule has 6 heteroatoms. The van der Waals surface area contributed by atoms with Crippen molar-refractivity contribution in [3.05, 3.63) is 64.1 Å². The highest BCUT2D eigenvalue weighted by Gasteiger charge is 2.39. The summed E-state index contributed by atoms with van der Waals surface area (Å²) in [5.74, 6) is 0. The average Bonchev–Trinajstić information content (AvgIpc) is 3.33. The van der Waals surface area contributed by atoms with E-state index in [2.05, 4.69) is 0 Å². The first-order chi connectivity index (χ1) is 10.5. The largest absolute Gasteiger partial charge is 0.245 e. The van der Waals surface area contributed by atoms with E-state index < -0.39 is 10.0 Å². The molecule has 0 unspecified atom stereocenters. The lowest BCUT2D eigenvalue weighted by atomic mass is 10.2. The molecule has 0 spiro atoms. The van der Waals surface area contributed by atoms with E-state index in [1.807, 2.05) is 30.3 Å². The molecule has 3 nitrogen and oxygen atoms in total. The molecule has 0 N–H and O–H groups in total. The standard InChI is InChI=1S/C16H15Cl2NO2S/c17-14-7-4-8-15(16(14)18)22(20,21)19(13-9-10-13)11-12-5-2-1-3-6-12/h1-8,13H,9-11H2. The molecule has 0 bridgehead atoms. The summed E-state index contributed by atoms with van der Waals surface area (Å²) in [4.78, 5) is 0.0736. The number of hydrogen-bond donors (Lipinski definition) is 0. The number of hydrogen-bond acceptors (Lipinski definition) is 2. The van der Waals surface area contributed by atoms with Crippen molar-refractivity contribution < 1.29 is 8.42 Å². The van der Waals surface area contributed by atoms with Crippen molar-refractivity contribution >= 4 is 33.2 Å². The maximum absolute atomic E-state index is 13.0. The molecule has 0 aromatic heterocycles. The molecule has 1 saturated carbocycles. The second-order valence-electron chi connectivity index (χ2n) is 5.32. The Morgan fingerprint density at radius 3 is 2.32 bits per heavy atom. The summed E-state index contributed by atoms with van der Waals surface area (Å²) in [6.07, 6.45) is 1.76. The maximum Gasteiger partial charge on any atom is 0.245 e. The third-order valence-corrected chi connectivity index (χ3v) is 6.51. The average molecular weight is 356 g/mol. The van der Waals surface area contributed by atoms with E-state index in [9.17, 15) is 8.42 Å². The van der Waals surface area contributed by atoms with Gasteiger partial charge in [0.25, 0.3) is 0 Å². The van der Waals surface area contributed by atoms with Crippen LogP contribution < -0.4 is 0 Å². The van der Waals surface area contributed by atoms with E-state index in [4.69, 9.17) is 23.2 Å². The fourth-order valence-electron chi connectivity index (χ4n) is 2.35. The molecule has 22 heavy (non-hydrogen) atoms. The van der Waals surface area contributed by atoms with E-state index >= 15 is 0 Å². The minimum absolute atomic E-state index is 0.0419. The lowest BCUT2D eigenvalue weighted by Crippen LogP contribution is -2.32. The van der Waals surface area contributed by atoms with E-state index in [1.54, 1.807) is 12.1 Å². The molecule has 2 aromatic carbocycles. The van der Waals surface area contributed by atoms with Crippen molar-refractivity contribution in [2.24, 2.45) is 0 Å². The van der Waals surface area contributed by atoms with Crippen LogP contribution in [0.1, 0.15) is 18.4 Å². The predicted molar refractivity (Wildman–Crippen MR) is 88.7 cm³/mol. The summed E-state index contributed by atoms with van der Waals surface area (Å²) in [5, 5.41) is 0.334. The Morgan fingerprint density at radius 1 is 1.00 bits per heavy atom. The van der Waals surface area contributed by atoms with Crippen LogP contribution in [0.25, 0.3) is 0 Å². The third kappa shape index (κ3) is 3.15. The first-order valence-corrected chi connectivity index (χ1v) is 9.19. The Kier molecular flexibility index (Phi) is 4.46. The minimum atomic E-state index is -3.67. The molecule has 0 heterocycles. The highest BCUT2D eigenvalue weighted by Crippen LogP contribution is 2.37.